The molecule has 1 aliphatic rings. The van der Waals surface area contributed by atoms with E-state index in [1.54, 1.807) is 10.9 Å². The molecule has 3 aromatic rings. The van der Waals surface area contributed by atoms with Gasteiger partial charge >= 0.3 is 0 Å². The summed E-state index contributed by atoms with van der Waals surface area (Å²) in [6, 6.07) is 9.78. The smallest absolute Gasteiger partial charge is 0.224 e. The van der Waals surface area contributed by atoms with E-state index in [-0.39, 0.29) is 17.7 Å². The molecule has 122 valence electrons. The Kier molecular flexibility index (Phi) is 3.65. The Bertz CT molecular complexity index is 853. The summed E-state index contributed by atoms with van der Waals surface area (Å²) in [6.07, 6.45) is 6.36. The first-order valence-corrected chi connectivity index (χ1v) is 7.97. The van der Waals surface area contributed by atoms with Crippen LogP contribution in [0, 0.1) is 5.92 Å². The fraction of sp³-hybridized carbons (Fsp3) is 0.278. The SMILES string of the molecule is Cn1cc(C2CC2C(=O)NCc2ncc(-c3ccccc3)o2)cn1. The second-order valence-electron chi connectivity index (χ2n) is 6.10. The third-order valence-corrected chi connectivity index (χ3v) is 4.31. The maximum absolute atomic E-state index is 12.2. The molecule has 0 radical (unpaired) electrons. The lowest BCUT2D eigenvalue weighted by Gasteiger charge is -2.01. The molecular weight excluding hydrogens is 304 g/mol. The summed E-state index contributed by atoms with van der Waals surface area (Å²) in [7, 11) is 1.88. The number of nitrogens with zero attached hydrogens (tertiary/aromatic N) is 3. The predicted molar refractivity (Wildman–Crippen MR) is 87.8 cm³/mol. The molecule has 0 bridgehead atoms. The molecule has 0 spiro atoms. The Labute approximate surface area is 139 Å². The largest absolute Gasteiger partial charge is 0.439 e. The summed E-state index contributed by atoms with van der Waals surface area (Å²) in [5.74, 6) is 1.57. The van der Waals surface area contributed by atoms with E-state index in [0.717, 1.165) is 17.5 Å². The lowest BCUT2D eigenvalue weighted by atomic mass is 10.2. The lowest BCUT2D eigenvalue weighted by Crippen LogP contribution is -2.25. The number of rotatable bonds is 5. The van der Waals surface area contributed by atoms with E-state index in [4.69, 9.17) is 4.42 Å². The van der Waals surface area contributed by atoms with Crippen molar-refractivity contribution >= 4 is 5.91 Å². The number of benzene rings is 1. The fourth-order valence-corrected chi connectivity index (χ4v) is 2.91. The van der Waals surface area contributed by atoms with Crippen molar-refractivity contribution < 1.29 is 9.21 Å². The Hall–Kier alpha value is -2.89. The van der Waals surface area contributed by atoms with E-state index in [2.05, 4.69) is 15.4 Å². The van der Waals surface area contributed by atoms with Crippen LogP contribution in [0.1, 0.15) is 23.8 Å². The third-order valence-electron chi connectivity index (χ3n) is 4.31. The topological polar surface area (TPSA) is 73.0 Å². The summed E-state index contributed by atoms with van der Waals surface area (Å²) >= 11 is 0. The summed E-state index contributed by atoms with van der Waals surface area (Å²) in [6.45, 7) is 0.307. The number of nitrogens with one attached hydrogen (secondary N) is 1. The minimum absolute atomic E-state index is 0.0257. The summed E-state index contributed by atoms with van der Waals surface area (Å²) in [4.78, 5) is 16.5. The molecule has 0 aliphatic heterocycles. The molecule has 1 aromatic carbocycles. The van der Waals surface area contributed by atoms with Crippen molar-refractivity contribution in [3.05, 3.63) is 60.4 Å². The van der Waals surface area contributed by atoms with E-state index in [1.165, 1.54) is 0 Å². The van der Waals surface area contributed by atoms with Crippen molar-refractivity contribution in [1.82, 2.24) is 20.1 Å². The predicted octanol–water partition coefficient (Wildman–Crippen LogP) is 2.50. The molecule has 6 heteroatoms. The van der Waals surface area contributed by atoms with Gasteiger partial charge in [-0.05, 0) is 17.9 Å². The normalized spacial score (nSPS) is 19.2. The summed E-state index contributed by atoms with van der Waals surface area (Å²) in [5.41, 5.74) is 2.10. The van der Waals surface area contributed by atoms with Gasteiger partial charge in [-0.25, -0.2) is 4.98 Å². The molecule has 2 aromatic heterocycles. The van der Waals surface area contributed by atoms with Crippen LogP contribution in [0.3, 0.4) is 0 Å². The molecule has 24 heavy (non-hydrogen) atoms. The summed E-state index contributed by atoms with van der Waals surface area (Å²) < 4.78 is 7.46. The molecule has 6 nitrogen and oxygen atoms in total. The molecule has 0 saturated heterocycles. The Balaban J connectivity index is 1.33. The molecule has 1 fully saturated rings. The van der Waals surface area contributed by atoms with E-state index in [0.29, 0.717) is 18.2 Å². The van der Waals surface area contributed by atoms with Gasteiger partial charge in [0, 0.05) is 24.7 Å². The van der Waals surface area contributed by atoms with Crippen molar-refractivity contribution in [2.24, 2.45) is 13.0 Å². The first kappa shape index (κ1) is 14.7. The molecule has 1 saturated carbocycles. The zero-order valence-electron chi connectivity index (χ0n) is 13.3. The van der Waals surface area contributed by atoms with Crippen LogP contribution in [0.25, 0.3) is 11.3 Å². The maximum atomic E-state index is 12.2. The van der Waals surface area contributed by atoms with Gasteiger partial charge in [-0.2, -0.15) is 5.10 Å². The van der Waals surface area contributed by atoms with Crippen LogP contribution in [0.5, 0.6) is 0 Å². The minimum atomic E-state index is 0.0257. The number of hydrogen-bond acceptors (Lipinski definition) is 4. The van der Waals surface area contributed by atoms with Gasteiger partial charge < -0.3 is 9.73 Å². The van der Waals surface area contributed by atoms with Crippen molar-refractivity contribution in [1.29, 1.82) is 0 Å². The van der Waals surface area contributed by atoms with Crippen molar-refractivity contribution in [2.75, 3.05) is 0 Å². The first-order chi connectivity index (χ1) is 11.7. The minimum Gasteiger partial charge on any atom is -0.439 e. The summed E-state index contributed by atoms with van der Waals surface area (Å²) in [5, 5.41) is 7.07. The van der Waals surface area contributed by atoms with E-state index >= 15 is 0 Å². The van der Waals surface area contributed by atoms with Crippen LogP contribution in [0.4, 0.5) is 0 Å². The van der Waals surface area contributed by atoms with Gasteiger partial charge in [-0.3, -0.25) is 9.48 Å². The third kappa shape index (κ3) is 2.95. The Morgan fingerprint density at radius 3 is 2.92 bits per heavy atom. The van der Waals surface area contributed by atoms with Crippen LogP contribution in [-0.4, -0.2) is 20.7 Å². The number of amides is 1. The highest BCUT2D eigenvalue weighted by Gasteiger charge is 2.44. The molecular formula is C18H18N4O2. The Morgan fingerprint density at radius 1 is 1.33 bits per heavy atom. The molecule has 1 aliphatic carbocycles. The number of aryl methyl sites for hydroxylation is 1. The molecule has 2 unspecified atom stereocenters. The fourth-order valence-electron chi connectivity index (χ4n) is 2.91. The quantitative estimate of drug-likeness (QED) is 0.783. The molecule has 4 rings (SSSR count). The van der Waals surface area contributed by atoms with E-state index < -0.39 is 0 Å². The highest BCUT2D eigenvalue weighted by Crippen LogP contribution is 2.47. The number of oxazole rings is 1. The zero-order chi connectivity index (χ0) is 16.5. The standard InChI is InChI=1S/C18H18N4O2/c1-22-11-13(8-21-22)14-7-15(14)18(23)20-10-17-19-9-16(24-17)12-5-3-2-4-6-12/h2-6,8-9,11,14-15H,7,10H2,1H3,(H,20,23). The highest BCUT2D eigenvalue weighted by atomic mass is 16.4. The lowest BCUT2D eigenvalue weighted by molar-refractivity contribution is -0.122. The average molecular weight is 322 g/mol. The van der Waals surface area contributed by atoms with Crippen molar-refractivity contribution in [3.63, 3.8) is 0 Å². The Morgan fingerprint density at radius 2 is 2.17 bits per heavy atom. The van der Waals surface area contributed by atoms with Gasteiger partial charge in [0.2, 0.25) is 11.8 Å². The van der Waals surface area contributed by atoms with Gasteiger partial charge in [0.15, 0.2) is 5.76 Å². The van der Waals surface area contributed by atoms with Gasteiger partial charge in [0.1, 0.15) is 0 Å². The number of hydrogen-bond donors (Lipinski definition) is 1. The first-order valence-electron chi connectivity index (χ1n) is 7.97. The van der Waals surface area contributed by atoms with E-state index in [1.807, 2.05) is 49.8 Å². The number of carbonyl (C=O) groups excluding carboxylic acids is 1. The van der Waals surface area contributed by atoms with Crippen LogP contribution in [-0.2, 0) is 18.4 Å². The van der Waals surface area contributed by atoms with Crippen LogP contribution < -0.4 is 5.32 Å². The van der Waals surface area contributed by atoms with Gasteiger partial charge in [0.05, 0.1) is 18.9 Å². The molecule has 1 N–H and O–H groups in total. The van der Waals surface area contributed by atoms with E-state index in [9.17, 15) is 4.79 Å². The average Bonchev–Trinajstić information content (AvgIpc) is 3.05. The number of aromatic nitrogens is 3. The van der Waals surface area contributed by atoms with Gasteiger partial charge in [-0.15, -0.1) is 0 Å². The molecule has 1 amide bonds. The molecule has 2 heterocycles. The monoisotopic (exact) mass is 322 g/mol. The van der Waals surface area contributed by atoms with Crippen LogP contribution in [0.2, 0.25) is 0 Å². The van der Waals surface area contributed by atoms with Crippen molar-refractivity contribution in [2.45, 2.75) is 18.9 Å². The second-order valence-corrected chi connectivity index (χ2v) is 6.10. The van der Waals surface area contributed by atoms with Gasteiger partial charge in [-0.1, -0.05) is 30.3 Å². The van der Waals surface area contributed by atoms with Gasteiger partial charge in [0.25, 0.3) is 0 Å². The second kappa shape index (κ2) is 5.96. The molecule has 2 atom stereocenters. The van der Waals surface area contributed by atoms with Crippen molar-refractivity contribution in [3.8, 4) is 11.3 Å². The zero-order valence-corrected chi connectivity index (χ0v) is 13.3. The highest BCUT2D eigenvalue weighted by molar-refractivity contribution is 5.82. The maximum Gasteiger partial charge on any atom is 0.224 e. The van der Waals surface area contributed by atoms with Crippen LogP contribution >= 0.6 is 0 Å². The number of carbonyl (C=O) groups is 1. The van der Waals surface area contributed by atoms with Crippen LogP contribution in [0.15, 0.2) is 53.3 Å².